The Bertz CT molecular complexity index is 918. The summed E-state index contributed by atoms with van der Waals surface area (Å²) in [6, 6.07) is 4.96. The molecule has 160 valence electrons. The first kappa shape index (κ1) is 20.7. The fraction of sp³-hybridized carbons (Fsp3) is 0.565. The Morgan fingerprint density at radius 1 is 1.00 bits per heavy atom. The maximum absolute atomic E-state index is 13.0. The molecule has 7 nitrogen and oxygen atoms in total. The molecule has 1 N–H and O–H groups in total. The molecule has 7 heteroatoms. The number of likely N-dealkylation sites (tertiary alicyclic amines) is 1. The van der Waals surface area contributed by atoms with E-state index < -0.39 is 23.8 Å². The molecule has 0 spiro atoms. The van der Waals surface area contributed by atoms with Gasteiger partial charge in [-0.05, 0) is 48.9 Å². The molecule has 0 radical (unpaired) electrons. The number of hydrogen-bond acceptors (Lipinski definition) is 5. The van der Waals surface area contributed by atoms with E-state index in [0.29, 0.717) is 17.2 Å². The minimum atomic E-state index is -0.925. The molecule has 3 aliphatic heterocycles. The van der Waals surface area contributed by atoms with E-state index in [-0.39, 0.29) is 24.2 Å². The van der Waals surface area contributed by atoms with Gasteiger partial charge in [-0.1, -0.05) is 33.3 Å². The number of carbonyl (C=O) groups excluding carboxylic acids is 4. The van der Waals surface area contributed by atoms with Crippen LogP contribution in [0, 0.1) is 5.41 Å². The number of imide groups is 2. The molecule has 0 saturated carbocycles. The highest BCUT2D eigenvalue weighted by atomic mass is 16.2. The van der Waals surface area contributed by atoms with E-state index in [0.717, 1.165) is 36.4 Å². The molecular weight excluding hydrogens is 382 g/mol. The first-order valence-corrected chi connectivity index (χ1v) is 10.8. The van der Waals surface area contributed by atoms with Gasteiger partial charge in [0.05, 0.1) is 11.1 Å². The van der Waals surface area contributed by atoms with Crippen molar-refractivity contribution < 1.29 is 19.2 Å². The van der Waals surface area contributed by atoms with E-state index in [2.05, 4.69) is 31.0 Å². The molecule has 2 unspecified atom stereocenters. The largest absolute Gasteiger partial charge is 0.296 e. The number of benzene rings is 1. The zero-order valence-electron chi connectivity index (χ0n) is 17.9. The van der Waals surface area contributed by atoms with Crippen LogP contribution < -0.4 is 5.32 Å². The monoisotopic (exact) mass is 411 g/mol. The lowest BCUT2D eigenvalue weighted by molar-refractivity contribution is -0.136. The second kappa shape index (κ2) is 7.61. The number of carbonyl (C=O) groups is 4. The maximum atomic E-state index is 13.0. The second-order valence-corrected chi connectivity index (χ2v) is 9.68. The summed E-state index contributed by atoms with van der Waals surface area (Å²) in [5.41, 5.74) is 1.85. The molecule has 4 amide bonds. The lowest BCUT2D eigenvalue weighted by Crippen LogP contribution is -2.54. The number of amides is 4. The lowest BCUT2D eigenvalue weighted by Gasteiger charge is -2.43. The fourth-order valence-corrected chi connectivity index (χ4v) is 5.01. The summed E-state index contributed by atoms with van der Waals surface area (Å²) >= 11 is 0. The Labute approximate surface area is 176 Å². The van der Waals surface area contributed by atoms with E-state index in [1.807, 2.05) is 6.07 Å². The maximum Gasteiger partial charge on any atom is 0.262 e. The Balaban J connectivity index is 1.56. The van der Waals surface area contributed by atoms with Gasteiger partial charge in [0.2, 0.25) is 11.8 Å². The average Bonchev–Trinajstić information content (AvgIpc) is 2.92. The minimum Gasteiger partial charge on any atom is -0.296 e. The summed E-state index contributed by atoms with van der Waals surface area (Å²) in [5.74, 6) is -1.86. The Kier molecular flexibility index (Phi) is 5.26. The van der Waals surface area contributed by atoms with Crippen LogP contribution >= 0.6 is 0 Å². The van der Waals surface area contributed by atoms with E-state index >= 15 is 0 Å². The molecule has 2 atom stereocenters. The van der Waals surface area contributed by atoms with E-state index in [1.54, 1.807) is 12.1 Å². The predicted molar refractivity (Wildman–Crippen MR) is 111 cm³/mol. The molecule has 1 aromatic carbocycles. The van der Waals surface area contributed by atoms with Gasteiger partial charge in [0, 0.05) is 19.0 Å². The number of rotatable bonds is 3. The molecule has 2 fully saturated rings. The van der Waals surface area contributed by atoms with Crippen LogP contribution in [0.15, 0.2) is 18.2 Å². The van der Waals surface area contributed by atoms with Crippen molar-refractivity contribution >= 4 is 23.6 Å². The predicted octanol–water partition coefficient (Wildman–Crippen LogP) is 2.49. The van der Waals surface area contributed by atoms with E-state index in [1.165, 1.54) is 6.42 Å². The zero-order valence-corrected chi connectivity index (χ0v) is 17.9. The molecule has 0 aliphatic carbocycles. The van der Waals surface area contributed by atoms with Crippen molar-refractivity contribution in [2.24, 2.45) is 5.41 Å². The molecule has 2 saturated heterocycles. The van der Waals surface area contributed by atoms with Crippen molar-refractivity contribution in [2.45, 2.75) is 71.5 Å². The normalized spacial score (nSPS) is 25.5. The fourth-order valence-electron chi connectivity index (χ4n) is 5.01. The summed E-state index contributed by atoms with van der Waals surface area (Å²) in [5, 5.41) is 2.23. The van der Waals surface area contributed by atoms with Gasteiger partial charge in [0.1, 0.15) is 6.04 Å². The number of piperidine rings is 2. The SMILES string of the molecule is CC(C)(C)C1CCCCN1Cc1ccc2c(c1)C(=O)N(C1CCC(=O)NC1=O)C2=O. The Hall–Kier alpha value is -2.54. The van der Waals surface area contributed by atoms with Gasteiger partial charge in [-0.15, -0.1) is 0 Å². The van der Waals surface area contributed by atoms with Crippen molar-refractivity contribution in [3.8, 4) is 0 Å². The van der Waals surface area contributed by atoms with Gasteiger partial charge < -0.3 is 0 Å². The van der Waals surface area contributed by atoms with Gasteiger partial charge >= 0.3 is 0 Å². The highest BCUT2D eigenvalue weighted by Gasteiger charge is 2.44. The zero-order chi connectivity index (χ0) is 21.6. The van der Waals surface area contributed by atoms with Crippen LogP contribution in [-0.2, 0) is 16.1 Å². The minimum absolute atomic E-state index is 0.123. The first-order valence-electron chi connectivity index (χ1n) is 10.8. The van der Waals surface area contributed by atoms with Crippen LogP contribution in [0.2, 0.25) is 0 Å². The topological polar surface area (TPSA) is 86.8 Å². The van der Waals surface area contributed by atoms with Crippen molar-refractivity contribution in [1.82, 2.24) is 15.1 Å². The van der Waals surface area contributed by atoms with E-state index in [4.69, 9.17) is 0 Å². The third kappa shape index (κ3) is 3.67. The van der Waals surface area contributed by atoms with Gasteiger partial charge in [-0.25, -0.2) is 0 Å². The van der Waals surface area contributed by atoms with Crippen molar-refractivity contribution in [1.29, 1.82) is 0 Å². The molecule has 0 bridgehead atoms. The number of hydrogen-bond donors (Lipinski definition) is 1. The highest BCUT2D eigenvalue weighted by molar-refractivity contribution is 6.23. The summed E-state index contributed by atoms with van der Waals surface area (Å²) in [6.07, 6.45) is 3.85. The van der Waals surface area contributed by atoms with Crippen LogP contribution in [0.1, 0.15) is 79.2 Å². The number of nitrogens with zero attached hydrogens (tertiary/aromatic N) is 2. The molecule has 3 heterocycles. The van der Waals surface area contributed by atoms with Crippen LogP contribution in [0.4, 0.5) is 0 Å². The standard InChI is InChI=1S/C23H29N3O4/c1-23(2,3)18-6-4-5-11-25(18)13-14-7-8-15-16(12-14)22(30)26(21(15)29)17-9-10-19(27)24-20(17)28/h7-8,12,17-18H,4-6,9-11,13H2,1-3H3,(H,24,27,28). The third-order valence-corrected chi connectivity index (χ3v) is 6.50. The smallest absolute Gasteiger partial charge is 0.262 e. The van der Waals surface area contributed by atoms with Crippen molar-refractivity contribution in [3.05, 3.63) is 34.9 Å². The summed E-state index contributed by atoms with van der Waals surface area (Å²) in [7, 11) is 0. The van der Waals surface area contributed by atoms with Crippen LogP contribution in [0.3, 0.4) is 0 Å². The lowest BCUT2D eigenvalue weighted by atomic mass is 9.80. The third-order valence-electron chi connectivity index (χ3n) is 6.50. The summed E-state index contributed by atoms with van der Waals surface area (Å²) < 4.78 is 0. The summed E-state index contributed by atoms with van der Waals surface area (Å²) in [4.78, 5) is 53.0. The number of fused-ring (bicyclic) bond motifs is 1. The molecule has 4 rings (SSSR count). The molecule has 1 aromatic rings. The Morgan fingerprint density at radius 2 is 1.73 bits per heavy atom. The van der Waals surface area contributed by atoms with Crippen LogP contribution in [-0.4, -0.2) is 52.1 Å². The first-order chi connectivity index (χ1) is 14.2. The van der Waals surface area contributed by atoms with Gasteiger partial charge in [-0.3, -0.25) is 34.3 Å². The second-order valence-electron chi connectivity index (χ2n) is 9.68. The highest BCUT2D eigenvalue weighted by Crippen LogP contribution is 2.34. The average molecular weight is 412 g/mol. The van der Waals surface area contributed by atoms with Crippen molar-refractivity contribution in [2.75, 3.05) is 6.54 Å². The van der Waals surface area contributed by atoms with Crippen LogP contribution in [0.5, 0.6) is 0 Å². The molecule has 30 heavy (non-hydrogen) atoms. The van der Waals surface area contributed by atoms with Gasteiger partial charge in [-0.2, -0.15) is 0 Å². The summed E-state index contributed by atoms with van der Waals surface area (Å²) in [6.45, 7) is 8.54. The van der Waals surface area contributed by atoms with E-state index in [9.17, 15) is 19.2 Å². The van der Waals surface area contributed by atoms with Crippen molar-refractivity contribution in [3.63, 3.8) is 0 Å². The molecule has 0 aromatic heterocycles. The van der Waals surface area contributed by atoms with Crippen LogP contribution in [0.25, 0.3) is 0 Å². The Morgan fingerprint density at radius 3 is 2.43 bits per heavy atom. The quantitative estimate of drug-likeness (QED) is 0.773. The molecule has 3 aliphatic rings. The van der Waals surface area contributed by atoms with Gasteiger partial charge in [0.25, 0.3) is 11.8 Å². The number of nitrogens with one attached hydrogen (secondary N) is 1. The molecular formula is C23H29N3O4. The van der Waals surface area contributed by atoms with Gasteiger partial charge in [0.15, 0.2) is 0 Å².